The first-order chi connectivity index (χ1) is 16.9. The van der Waals surface area contributed by atoms with E-state index in [0.29, 0.717) is 12.8 Å². The van der Waals surface area contributed by atoms with Crippen molar-refractivity contribution in [3.63, 3.8) is 0 Å². The minimum Gasteiger partial charge on any atom is -0.341 e. The summed E-state index contributed by atoms with van der Waals surface area (Å²) in [5, 5.41) is 0. The van der Waals surface area contributed by atoms with Crippen LogP contribution in [0.25, 0.3) is 11.1 Å². The van der Waals surface area contributed by atoms with Crippen LogP contribution in [0.2, 0.25) is 0 Å². The standard InChI is InChI=1S/C30H40N2O3/c1-4-6-28(33)35-31-29(34)26-16-18-30(3,21-26)27-14-12-25(13-15-27)24-10-8-23(9-11-24)17-20-32-19-5-7-22(32)2/h8-15,22,26H,4-7,16-21H2,1-3H3,(H,31,34)/t22-,26-,30-/m1/s1. The van der Waals surface area contributed by atoms with Gasteiger partial charge in [0, 0.05) is 24.9 Å². The van der Waals surface area contributed by atoms with Crippen LogP contribution >= 0.6 is 0 Å². The maximum atomic E-state index is 12.5. The van der Waals surface area contributed by atoms with Crippen molar-refractivity contribution >= 4 is 11.9 Å². The highest BCUT2D eigenvalue weighted by molar-refractivity contribution is 5.80. The van der Waals surface area contributed by atoms with Crippen molar-refractivity contribution in [1.29, 1.82) is 0 Å². The zero-order valence-electron chi connectivity index (χ0n) is 21.5. The zero-order chi connectivity index (χ0) is 24.8. The van der Waals surface area contributed by atoms with Gasteiger partial charge in [0.1, 0.15) is 0 Å². The van der Waals surface area contributed by atoms with Crippen LogP contribution in [0, 0.1) is 5.92 Å². The van der Waals surface area contributed by atoms with E-state index in [4.69, 9.17) is 4.84 Å². The highest BCUT2D eigenvalue weighted by atomic mass is 16.7. The molecule has 1 aliphatic carbocycles. The lowest BCUT2D eigenvalue weighted by Crippen LogP contribution is -2.32. The lowest BCUT2D eigenvalue weighted by Gasteiger charge is -2.25. The maximum Gasteiger partial charge on any atom is 0.332 e. The Labute approximate surface area is 210 Å². The molecule has 5 heteroatoms. The molecule has 2 fully saturated rings. The lowest BCUT2D eigenvalue weighted by atomic mass is 9.79. The molecule has 0 radical (unpaired) electrons. The molecule has 0 bridgehead atoms. The number of amides is 1. The fraction of sp³-hybridized carbons (Fsp3) is 0.533. The number of likely N-dealkylation sites (tertiary alicyclic amines) is 1. The molecule has 2 aromatic carbocycles. The molecule has 35 heavy (non-hydrogen) atoms. The van der Waals surface area contributed by atoms with Gasteiger partial charge in [-0.2, -0.15) is 5.48 Å². The highest BCUT2D eigenvalue weighted by Crippen LogP contribution is 2.44. The average molecular weight is 477 g/mol. The van der Waals surface area contributed by atoms with E-state index in [1.54, 1.807) is 0 Å². The summed E-state index contributed by atoms with van der Waals surface area (Å²) in [4.78, 5) is 31.5. The summed E-state index contributed by atoms with van der Waals surface area (Å²) in [5.41, 5.74) is 7.42. The Morgan fingerprint density at radius 2 is 1.74 bits per heavy atom. The van der Waals surface area contributed by atoms with Gasteiger partial charge in [-0.15, -0.1) is 0 Å². The Kier molecular flexibility index (Phi) is 8.27. The Morgan fingerprint density at radius 3 is 2.37 bits per heavy atom. The fourth-order valence-corrected chi connectivity index (χ4v) is 5.70. The van der Waals surface area contributed by atoms with Gasteiger partial charge in [0.05, 0.1) is 0 Å². The van der Waals surface area contributed by atoms with Crippen LogP contribution in [0.4, 0.5) is 0 Å². The Bertz CT molecular complexity index is 1000. The Morgan fingerprint density at radius 1 is 1.06 bits per heavy atom. The van der Waals surface area contributed by atoms with Crippen LogP contribution in [-0.2, 0) is 26.3 Å². The first kappa shape index (κ1) is 25.4. The zero-order valence-corrected chi connectivity index (χ0v) is 21.5. The van der Waals surface area contributed by atoms with Gasteiger partial charge in [-0.1, -0.05) is 62.4 Å². The van der Waals surface area contributed by atoms with Crippen molar-refractivity contribution < 1.29 is 14.4 Å². The third kappa shape index (κ3) is 6.32. The molecule has 1 aliphatic heterocycles. The quantitative estimate of drug-likeness (QED) is 0.488. The fourth-order valence-electron chi connectivity index (χ4n) is 5.70. The largest absolute Gasteiger partial charge is 0.341 e. The predicted molar refractivity (Wildman–Crippen MR) is 140 cm³/mol. The van der Waals surface area contributed by atoms with Crippen LogP contribution < -0.4 is 5.48 Å². The summed E-state index contributed by atoms with van der Waals surface area (Å²) >= 11 is 0. The number of carbonyl (C=O) groups excluding carboxylic acids is 2. The van der Waals surface area contributed by atoms with Gasteiger partial charge < -0.3 is 9.74 Å². The lowest BCUT2D eigenvalue weighted by molar-refractivity contribution is -0.159. The van der Waals surface area contributed by atoms with Crippen molar-refractivity contribution in [2.75, 3.05) is 13.1 Å². The Hall–Kier alpha value is -2.66. The summed E-state index contributed by atoms with van der Waals surface area (Å²) in [5.74, 6) is -0.703. The number of carbonyl (C=O) groups is 2. The summed E-state index contributed by atoms with van der Waals surface area (Å²) < 4.78 is 0. The molecule has 1 amide bonds. The molecule has 1 saturated heterocycles. The van der Waals surface area contributed by atoms with E-state index in [-0.39, 0.29) is 23.2 Å². The SMILES string of the molecule is CCCC(=O)ONC(=O)[C@@H]1CC[C@@](C)(c2ccc(-c3ccc(CCN4CCC[C@H]4C)cc3)cc2)C1. The van der Waals surface area contributed by atoms with E-state index in [9.17, 15) is 9.59 Å². The number of nitrogens with one attached hydrogen (secondary N) is 1. The third-order valence-electron chi connectivity index (χ3n) is 8.08. The molecule has 188 valence electrons. The summed E-state index contributed by atoms with van der Waals surface area (Å²) in [6, 6.07) is 18.5. The van der Waals surface area contributed by atoms with Crippen LogP contribution in [0.15, 0.2) is 48.5 Å². The summed E-state index contributed by atoms with van der Waals surface area (Å²) in [7, 11) is 0. The number of hydrogen-bond acceptors (Lipinski definition) is 4. The molecule has 3 atom stereocenters. The number of hydroxylamine groups is 1. The van der Waals surface area contributed by atoms with Gasteiger partial charge in [-0.3, -0.25) is 4.79 Å². The van der Waals surface area contributed by atoms with Gasteiger partial charge in [0.2, 0.25) is 0 Å². The molecule has 5 nitrogen and oxygen atoms in total. The van der Waals surface area contributed by atoms with E-state index >= 15 is 0 Å². The van der Waals surface area contributed by atoms with Crippen molar-refractivity contribution in [2.45, 2.75) is 83.6 Å². The van der Waals surface area contributed by atoms with Crippen molar-refractivity contribution in [3.8, 4) is 11.1 Å². The molecular weight excluding hydrogens is 436 g/mol. The summed E-state index contributed by atoms with van der Waals surface area (Å²) in [6.07, 6.45) is 7.28. The van der Waals surface area contributed by atoms with E-state index < -0.39 is 0 Å². The molecule has 1 saturated carbocycles. The van der Waals surface area contributed by atoms with E-state index in [0.717, 1.165) is 38.3 Å². The molecule has 4 rings (SSSR count). The first-order valence-electron chi connectivity index (χ1n) is 13.3. The molecule has 0 aromatic heterocycles. The second-order valence-electron chi connectivity index (χ2n) is 10.7. The Balaban J connectivity index is 1.32. The van der Waals surface area contributed by atoms with Gasteiger partial charge in [-0.25, -0.2) is 4.79 Å². The molecule has 0 unspecified atom stereocenters. The smallest absolute Gasteiger partial charge is 0.332 e. The van der Waals surface area contributed by atoms with Crippen LogP contribution in [0.5, 0.6) is 0 Å². The number of nitrogens with zero attached hydrogens (tertiary/aromatic N) is 1. The van der Waals surface area contributed by atoms with Crippen LogP contribution in [0.1, 0.15) is 76.8 Å². The monoisotopic (exact) mass is 476 g/mol. The molecule has 0 spiro atoms. The molecule has 2 aliphatic rings. The number of rotatable bonds is 8. The highest BCUT2D eigenvalue weighted by Gasteiger charge is 2.40. The number of benzene rings is 2. The van der Waals surface area contributed by atoms with Gasteiger partial charge in [0.15, 0.2) is 0 Å². The van der Waals surface area contributed by atoms with E-state index in [2.05, 4.69) is 72.8 Å². The number of hydrogen-bond donors (Lipinski definition) is 1. The molecule has 2 aromatic rings. The third-order valence-corrected chi connectivity index (χ3v) is 8.08. The van der Waals surface area contributed by atoms with E-state index in [1.165, 1.54) is 41.6 Å². The molecule has 1 N–H and O–H groups in total. The predicted octanol–water partition coefficient (Wildman–Crippen LogP) is 5.81. The normalized spacial score (nSPS) is 24.4. The topological polar surface area (TPSA) is 58.6 Å². The van der Waals surface area contributed by atoms with Crippen LogP contribution in [0.3, 0.4) is 0 Å². The maximum absolute atomic E-state index is 12.5. The van der Waals surface area contributed by atoms with Crippen molar-refractivity contribution in [1.82, 2.24) is 10.4 Å². The van der Waals surface area contributed by atoms with Crippen molar-refractivity contribution in [3.05, 3.63) is 59.7 Å². The van der Waals surface area contributed by atoms with Crippen LogP contribution in [-0.4, -0.2) is 35.9 Å². The average Bonchev–Trinajstić information content (AvgIpc) is 3.48. The minimum atomic E-state index is -0.383. The second kappa shape index (κ2) is 11.4. The van der Waals surface area contributed by atoms with Crippen molar-refractivity contribution in [2.24, 2.45) is 5.92 Å². The molecular formula is C30H40N2O3. The first-order valence-corrected chi connectivity index (χ1v) is 13.3. The van der Waals surface area contributed by atoms with Gasteiger partial charge in [0.25, 0.3) is 5.91 Å². The molecule has 1 heterocycles. The van der Waals surface area contributed by atoms with Gasteiger partial charge in [-0.05, 0) is 86.1 Å². The van der Waals surface area contributed by atoms with E-state index in [1.807, 2.05) is 6.92 Å². The van der Waals surface area contributed by atoms with Gasteiger partial charge >= 0.3 is 5.97 Å². The minimum absolute atomic E-state index is 0.0511. The summed E-state index contributed by atoms with van der Waals surface area (Å²) in [6.45, 7) is 8.86. The second-order valence-corrected chi connectivity index (χ2v) is 10.7.